The van der Waals surface area contributed by atoms with Gasteiger partial charge in [-0.2, -0.15) is 10.1 Å². The maximum atomic E-state index is 13.4. The number of rotatable bonds is 2. The highest BCUT2D eigenvalue weighted by atomic mass is 16.1. The Morgan fingerprint density at radius 1 is 1.17 bits per heavy atom. The molecule has 2 fully saturated rings. The van der Waals surface area contributed by atoms with Gasteiger partial charge in [0.2, 0.25) is 5.95 Å². The van der Waals surface area contributed by atoms with E-state index in [1.165, 1.54) is 0 Å². The standard InChI is InChI=1S/C22H25N7O/c1-27-11-13-7-12(3-6-18(13)26-27)17-10-24-20-19(17)21(30)28(2)22(25-20)29-15-4-5-16(29)9-14(23)8-15/h3,6-7,10-11,14-16,24H,4-5,8-9,23H2,1-2H3. The summed E-state index contributed by atoms with van der Waals surface area (Å²) in [6.07, 6.45) is 8.04. The molecule has 2 aliphatic heterocycles. The average molecular weight is 403 g/mol. The summed E-state index contributed by atoms with van der Waals surface area (Å²) in [6, 6.07) is 7.07. The third kappa shape index (κ3) is 2.46. The summed E-state index contributed by atoms with van der Waals surface area (Å²) in [4.78, 5) is 24.0. The van der Waals surface area contributed by atoms with E-state index >= 15 is 0 Å². The summed E-state index contributed by atoms with van der Waals surface area (Å²) in [5.74, 6) is 0.753. The number of nitrogens with two attached hydrogens (primary N) is 1. The number of nitrogens with one attached hydrogen (secondary N) is 1. The van der Waals surface area contributed by atoms with Gasteiger partial charge < -0.3 is 15.6 Å². The van der Waals surface area contributed by atoms with Crippen LogP contribution in [0.25, 0.3) is 33.1 Å². The van der Waals surface area contributed by atoms with Crippen molar-refractivity contribution in [2.24, 2.45) is 19.8 Å². The van der Waals surface area contributed by atoms with Crippen LogP contribution in [0.2, 0.25) is 0 Å². The molecule has 2 aliphatic rings. The van der Waals surface area contributed by atoms with Gasteiger partial charge in [-0.1, -0.05) is 6.07 Å². The summed E-state index contributed by atoms with van der Waals surface area (Å²) in [6.45, 7) is 0. The Bertz CT molecular complexity index is 1330. The minimum Gasteiger partial charge on any atom is -0.345 e. The molecule has 5 heterocycles. The number of aryl methyl sites for hydroxylation is 1. The summed E-state index contributed by atoms with van der Waals surface area (Å²) in [5, 5.41) is 6.11. The van der Waals surface area contributed by atoms with E-state index in [4.69, 9.17) is 10.7 Å². The zero-order chi connectivity index (χ0) is 20.6. The largest absolute Gasteiger partial charge is 0.345 e. The van der Waals surface area contributed by atoms with E-state index in [9.17, 15) is 4.79 Å². The van der Waals surface area contributed by atoms with Gasteiger partial charge in [0.1, 0.15) is 5.65 Å². The predicted octanol–water partition coefficient (Wildman–Crippen LogP) is 2.27. The van der Waals surface area contributed by atoms with Gasteiger partial charge in [-0.15, -0.1) is 0 Å². The molecule has 30 heavy (non-hydrogen) atoms. The van der Waals surface area contributed by atoms with Crippen LogP contribution in [0.15, 0.2) is 35.4 Å². The van der Waals surface area contributed by atoms with Crippen LogP contribution < -0.4 is 16.2 Å². The van der Waals surface area contributed by atoms with Gasteiger partial charge in [-0.05, 0) is 43.4 Å². The van der Waals surface area contributed by atoms with Crippen molar-refractivity contribution in [2.45, 2.75) is 43.8 Å². The van der Waals surface area contributed by atoms with Crippen LogP contribution in [0.1, 0.15) is 25.7 Å². The third-order valence-electron chi connectivity index (χ3n) is 6.82. The number of hydrogen-bond acceptors (Lipinski definition) is 5. The third-order valence-corrected chi connectivity index (χ3v) is 6.82. The van der Waals surface area contributed by atoms with Gasteiger partial charge in [0.15, 0.2) is 0 Å². The van der Waals surface area contributed by atoms with E-state index in [1.807, 2.05) is 38.6 Å². The number of benzene rings is 1. The van der Waals surface area contributed by atoms with Gasteiger partial charge in [0, 0.05) is 55.6 Å². The molecule has 2 bridgehead atoms. The molecule has 8 heteroatoms. The van der Waals surface area contributed by atoms with Gasteiger partial charge in [0.05, 0.1) is 10.9 Å². The number of H-pyrrole nitrogens is 1. The first-order valence-electron chi connectivity index (χ1n) is 10.6. The van der Waals surface area contributed by atoms with E-state index in [0.29, 0.717) is 23.1 Å². The Morgan fingerprint density at radius 2 is 1.93 bits per heavy atom. The van der Waals surface area contributed by atoms with Crippen molar-refractivity contribution in [3.63, 3.8) is 0 Å². The number of aromatic nitrogens is 5. The van der Waals surface area contributed by atoms with E-state index < -0.39 is 0 Å². The molecule has 0 aliphatic carbocycles. The predicted molar refractivity (Wildman–Crippen MR) is 118 cm³/mol. The van der Waals surface area contributed by atoms with E-state index in [1.54, 1.807) is 9.25 Å². The summed E-state index contributed by atoms with van der Waals surface area (Å²) >= 11 is 0. The second-order valence-electron chi connectivity index (χ2n) is 8.80. The summed E-state index contributed by atoms with van der Waals surface area (Å²) < 4.78 is 3.51. The van der Waals surface area contributed by atoms with Crippen molar-refractivity contribution >= 4 is 27.9 Å². The highest BCUT2D eigenvalue weighted by Gasteiger charge is 2.41. The summed E-state index contributed by atoms with van der Waals surface area (Å²) in [5.41, 5.74) is 9.65. The second-order valence-corrected chi connectivity index (χ2v) is 8.80. The molecule has 0 radical (unpaired) electrons. The number of fused-ring (bicyclic) bond motifs is 4. The van der Waals surface area contributed by atoms with Crippen LogP contribution in [0.5, 0.6) is 0 Å². The molecule has 3 N–H and O–H groups in total. The zero-order valence-electron chi connectivity index (χ0n) is 17.2. The van der Waals surface area contributed by atoms with E-state index in [0.717, 1.165) is 53.7 Å². The molecular weight excluding hydrogens is 378 g/mol. The van der Waals surface area contributed by atoms with Gasteiger partial charge >= 0.3 is 0 Å². The Morgan fingerprint density at radius 3 is 2.70 bits per heavy atom. The fraction of sp³-hybridized carbons (Fsp3) is 0.409. The minimum absolute atomic E-state index is 0.0215. The van der Waals surface area contributed by atoms with Crippen LogP contribution in [0.3, 0.4) is 0 Å². The number of piperidine rings is 1. The van der Waals surface area contributed by atoms with Crippen LogP contribution in [0.4, 0.5) is 5.95 Å². The molecule has 2 unspecified atom stereocenters. The van der Waals surface area contributed by atoms with Crippen LogP contribution in [-0.2, 0) is 14.1 Å². The van der Waals surface area contributed by atoms with Crippen molar-refractivity contribution < 1.29 is 0 Å². The fourth-order valence-corrected chi connectivity index (χ4v) is 5.47. The molecular formula is C22H25N7O. The van der Waals surface area contributed by atoms with Crippen molar-refractivity contribution in [1.29, 1.82) is 0 Å². The molecule has 1 aromatic carbocycles. The molecule has 154 valence electrons. The van der Waals surface area contributed by atoms with Crippen LogP contribution in [-0.4, -0.2) is 42.4 Å². The molecule has 0 spiro atoms. The average Bonchev–Trinajstić information content (AvgIpc) is 3.37. The zero-order valence-corrected chi connectivity index (χ0v) is 17.2. The Labute approximate surface area is 173 Å². The second kappa shape index (κ2) is 6.18. The van der Waals surface area contributed by atoms with Crippen molar-refractivity contribution in [2.75, 3.05) is 4.90 Å². The molecule has 0 saturated carbocycles. The first-order chi connectivity index (χ1) is 14.5. The van der Waals surface area contributed by atoms with Crippen LogP contribution in [0, 0.1) is 0 Å². The molecule has 4 aromatic rings. The Kier molecular flexibility index (Phi) is 3.65. The normalized spacial score (nSPS) is 23.7. The molecule has 0 amide bonds. The summed E-state index contributed by atoms with van der Waals surface area (Å²) in [7, 11) is 3.74. The lowest BCUT2D eigenvalue weighted by Crippen LogP contribution is -2.49. The monoisotopic (exact) mass is 403 g/mol. The first-order valence-corrected chi connectivity index (χ1v) is 10.6. The highest BCUT2D eigenvalue weighted by molar-refractivity contribution is 5.96. The van der Waals surface area contributed by atoms with E-state index in [-0.39, 0.29) is 11.6 Å². The lowest BCUT2D eigenvalue weighted by Gasteiger charge is -2.38. The number of nitrogens with zero attached hydrogens (tertiary/aromatic N) is 5. The molecule has 2 atom stereocenters. The SMILES string of the molecule is Cn1cc2cc(-c3c[nH]c4nc(N5C6CCC5CC(N)C6)n(C)c(=O)c34)ccc2n1. The fourth-order valence-electron chi connectivity index (χ4n) is 5.47. The maximum absolute atomic E-state index is 13.4. The van der Waals surface area contributed by atoms with Crippen molar-refractivity contribution in [1.82, 2.24) is 24.3 Å². The molecule has 2 saturated heterocycles. The molecule has 8 nitrogen and oxygen atoms in total. The Balaban J connectivity index is 1.49. The number of anilines is 1. The lowest BCUT2D eigenvalue weighted by molar-refractivity contribution is 0.405. The topological polar surface area (TPSA) is 97.8 Å². The van der Waals surface area contributed by atoms with Gasteiger partial charge in [-0.3, -0.25) is 14.0 Å². The highest BCUT2D eigenvalue weighted by Crippen LogP contribution is 2.38. The quantitative estimate of drug-likeness (QED) is 0.535. The van der Waals surface area contributed by atoms with Crippen molar-refractivity contribution in [3.05, 3.63) is 40.9 Å². The van der Waals surface area contributed by atoms with Gasteiger partial charge in [0.25, 0.3) is 5.56 Å². The van der Waals surface area contributed by atoms with E-state index in [2.05, 4.69) is 21.0 Å². The molecule has 3 aromatic heterocycles. The number of hydrogen-bond donors (Lipinski definition) is 2. The van der Waals surface area contributed by atoms with Crippen LogP contribution >= 0.6 is 0 Å². The molecule has 6 rings (SSSR count). The number of aromatic amines is 1. The first kappa shape index (κ1) is 17.7. The Hall–Kier alpha value is -3.13. The lowest BCUT2D eigenvalue weighted by atomic mass is 9.98. The van der Waals surface area contributed by atoms with Gasteiger partial charge in [-0.25, -0.2) is 0 Å². The minimum atomic E-state index is -0.0215. The van der Waals surface area contributed by atoms with Crippen molar-refractivity contribution in [3.8, 4) is 11.1 Å². The maximum Gasteiger partial charge on any atom is 0.264 e. The smallest absolute Gasteiger partial charge is 0.264 e.